The molecule has 0 aliphatic heterocycles. The number of rotatable bonds is 4. The van der Waals surface area contributed by atoms with Crippen LogP contribution in [0.5, 0.6) is 0 Å². The van der Waals surface area contributed by atoms with Gasteiger partial charge in [0.25, 0.3) is 0 Å². The Kier molecular flexibility index (Phi) is 4.35. The van der Waals surface area contributed by atoms with Crippen molar-refractivity contribution in [3.63, 3.8) is 0 Å². The number of aliphatic hydroxyl groups excluding tert-OH is 1. The van der Waals surface area contributed by atoms with Crippen molar-refractivity contribution < 1.29 is 13.5 Å². The Balaban J connectivity index is 2.99. The number of halogens is 1. The van der Waals surface area contributed by atoms with Crippen molar-refractivity contribution in [2.45, 2.75) is 25.2 Å². The lowest BCUT2D eigenvalue weighted by molar-refractivity contribution is 0.176. The highest BCUT2D eigenvalue weighted by molar-refractivity contribution is 7.92. The van der Waals surface area contributed by atoms with Crippen LogP contribution in [0.3, 0.4) is 0 Å². The molecule has 0 heterocycles. The van der Waals surface area contributed by atoms with E-state index in [1.54, 1.807) is 31.2 Å². The van der Waals surface area contributed by atoms with Crippen molar-refractivity contribution in [1.29, 1.82) is 0 Å². The number of hydrogen-bond acceptors (Lipinski definition) is 3. The van der Waals surface area contributed by atoms with Crippen molar-refractivity contribution in [3.05, 3.63) is 34.9 Å². The molecule has 0 saturated carbocycles. The van der Waals surface area contributed by atoms with Gasteiger partial charge in [-0.15, -0.1) is 0 Å². The van der Waals surface area contributed by atoms with Gasteiger partial charge in [0.05, 0.1) is 11.4 Å². The summed E-state index contributed by atoms with van der Waals surface area (Å²) in [5, 5.41) is 9.60. The normalized spacial score (nSPS) is 15.8. The molecular weight excluding hydrogens is 248 g/mol. The third-order valence-corrected chi connectivity index (χ3v) is 5.03. The summed E-state index contributed by atoms with van der Waals surface area (Å²) in [4.78, 5) is 0. The van der Waals surface area contributed by atoms with E-state index >= 15 is 0 Å². The van der Waals surface area contributed by atoms with Crippen LogP contribution in [-0.4, -0.2) is 24.5 Å². The lowest BCUT2D eigenvalue weighted by atomic mass is 10.1. The third kappa shape index (κ3) is 2.97. The minimum absolute atomic E-state index is 0.0196. The molecule has 0 aliphatic carbocycles. The molecule has 0 unspecified atom stereocenters. The maximum absolute atomic E-state index is 11.6. The van der Waals surface area contributed by atoms with Gasteiger partial charge < -0.3 is 5.11 Å². The smallest absolute Gasteiger partial charge is 0.155 e. The average Bonchev–Trinajstić information content (AvgIpc) is 2.27. The summed E-state index contributed by atoms with van der Waals surface area (Å²) in [7, 11) is -3.25. The van der Waals surface area contributed by atoms with E-state index in [1.165, 1.54) is 6.92 Å². The van der Waals surface area contributed by atoms with E-state index in [-0.39, 0.29) is 5.75 Å². The molecule has 0 bridgehead atoms. The van der Waals surface area contributed by atoms with Crippen LogP contribution in [0.25, 0.3) is 0 Å². The van der Waals surface area contributed by atoms with Gasteiger partial charge >= 0.3 is 0 Å². The average molecular weight is 263 g/mol. The molecule has 0 saturated heterocycles. The van der Waals surface area contributed by atoms with E-state index < -0.39 is 21.2 Å². The Morgan fingerprint density at radius 1 is 1.44 bits per heavy atom. The summed E-state index contributed by atoms with van der Waals surface area (Å²) in [6.07, 6.45) is -1.04. The van der Waals surface area contributed by atoms with Crippen molar-refractivity contribution in [1.82, 2.24) is 0 Å². The van der Waals surface area contributed by atoms with Crippen LogP contribution in [0.4, 0.5) is 0 Å². The fourth-order valence-electron chi connectivity index (χ4n) is 1.42. The monoisotopic (exact) mass is 262 g/mol. The predicted octanol–water partition coefficient (Wildman–Crippen LogP) is 2.20. The van der Waals surface area contributed by atoms with Crippen LogP contribution < -0.4 is 0 Å². The first kappa shape index (κ1) is 13.5. The number of hydrogen-bond donors (Lipinski definition) is 1. The molecule has 0 spiro atoms. The summed E-state index contributed by atoms with van der Waals surface area (Å²) < 4.78 is 23.2. The summed E-state index contributed by atoms with van der Waals surface area (Å²) in [5.74, 6) is 0.0196. The van der Waals surface area contributed by atoms with Crippen LogP contribution >= 0.6 is 11.6 Å². The van der Waals surface area contributed by atoms with E-state index in [0.29, 0.717) is 10.6 Å². The molecule has 90 valence electrons. The highest BCUT2D eigenvalue weighted by Gasteiger charge is 2.27. The summed E-state index contributed by atoms with van der Waals surface area (Å²) in [6.45, 7) is 3.07. The van der Waals surface area contributed by atoms with Gasteiger partial charge in [-0.25, -0.2) is 8.42 Å². The second-order valence-corrected chi connectivity index (χ2v) is 6.74. The lowest BCUT2D eigenvalue weighted by Crippen LogP contribution is -2.26. The van der Waals surface area contributed by atoms with E-state index in [2.05, 4.69) is 0 Å². The minimum atomic E-state index is -3.25. The Hall–Kier alpha value is -0.580. The van der Waals surface area contributed by atoms with Crippen molar-refractivity contribution >= 4 is 21.4 Å². The van der Waals surface area contributed by atoms with Crippen LogP contribution in [0.1, 0.15) is 25.5 Å². The molecule has 1 aromatic carbocycles. The van der Waals surface area contributed by atoms with E-state index in [1.807, 2.05) is 0 Å². The van der Waals surface area contributed by atoms with Gasteiger partial charge in [-0.2, -0.15) is 0 Å². The van der Waals surface area contributed by atoms with Crippen molar-refractivity contribution in [3.8, 4) is 0 Å². The predicted molar refractivity (Wildman–Crippen MR) is 65.3 cm³/mol. The maximum Gasteiger partial charge on any atom is 0.155 e. The molecule has 1 rings (SSSR count). The van der Waals surface area contributed by atoms with Crippen molar-refractivity contribution in [2.75, 3.05) is 5.75 Å². The molecule has 0 amide bonds. The van der Waals surface area contributed by atoms with Gasteiger partial charge in [-0.05, 0) is 24.6 Å². The Morgan fingerprint density at radius 2 is 2.06 bits per heavy atom. The van der Waals surface area contributed by atoms with Gasteiger partial charge in [0.15, 0.2) is 9.84 Å². The molecule has 3 nitrogen and oxygen atoms in total. The molecule has 2 atom stereocenters. The lowest BCUT2D eigenvalue weighted by Gasteiger charge is -2.18. The van der Waals surface area contributed by atoms with E-state index in [9.17, 15) is 13.5 Å². The molecule has 16 heavy (non-hydrogen) atoms. The number of benzene rings is 1. The van der Waals surface area contributed by atoms with Gasteiger partial charge in [0.1, 0.15) is 0 Å². The molecule has 1 aromatic rings. The fraction of sp³-hybridized carbons (Fsp3) is 0.455. The molecule has 0 aromatic heterocycles. The third-order valence-electron chi connectivity index (χ3n) is 2.60. The standard InChI is InChI=1S/C11H15ClO3S/c1-3-16(14,15)8(2)11(13)9-5-4-6-10(12)7-9/h4-8,11,13H,3H2,1-2H3/t8-,11-/m1/s1. The molecular formula is C11H15ClO3S. The highest BCUT2D eigenvalue weighted by Crippen LogP contribution is 2.24. The molecule has 1 N–H and O–H groups in total. The maximum atomic E-state index is 11.6. The van der Waals surface area contributed by atoms with E-state index in [4.69, 9.17) is 11.6 Å². The Labute approximate surface area is 101 Å². The number of sulfone groups is 1. The van der Waals surface area contributed by atoms with Crippen LogP contribution in [0.2, 0.25) is 5.02 Å². The number of aliphatic hydroxyl groups is 1. The summed E-state index contributed by atoms with van der Waals surface area (Å²) >= 11 is 5.78. The van der Waals surface area contributed by atoms with Crippen LogP contribution in [0, 0.1) is 0 Å². The van der Waals surface area contributed by atoms with Gasteiger partial charge in [0.2, 0.25) is 0 Å². The topological polar surface area (TPSA) is 54.4 Å². The van der Waals surface area contributed by atoms with Gasteiger partial charge in [0, 0.05) is 10.8 Å². The SMILES string of the molecule is CCS(=O)(=O)[C@H](C)[C@@H](O)c1cccc(Cl)c1. The molecule has 0 fully saturated rings. The summed E-state index contributed by atoms with van der Waals surface area (Å²) in [6, 6.07) is 6.61. The highest BCUT2D eigenvalue weighted by atomic mass is 35.5. The Morgan fingerprint density at radius 3 is 2.56 bits per heavy atom. The largest absolute Gasteiger partial charge is 0.387 e. The van der Waals surface area contributed by atoms with Gasteiger partial charge in [-0.1, -0.05) is 30.7 Å². The first-order valence-electron chi connectivity index (χ1n) is 5.03. The molecule has 0 aliphatic rings. The summed E-state index contributed by atoms with van der Waals surface area (Å²) in [5.41, 5.74) is 0.525. The first-order chi connectivity index (χ1) is 7.38. The van der Waals surface area contributed by atoms with Gasteiger partial charge in [-0.3, -0.25) is 0 Å². The molecule has 5 heteroatoms. The first-order valence-corrected chi connectivity index (χ1v) is 7.13. The van der Waals surface area contributed by atoms with Crippen LogP contribution in [0.15, 0.2) is 24.3 Å². The zero-order valence-electron chi connectivity index (χ0n) is 9.22. The zero-order valence-corrected chi connectivity index (χ0v) is 10.8. The molecule has 0 radical (unpaired) electrons. The quantitative estimate of drug-likeness (QED) is 0.905. The fourth-order valence-corrected chi connectivity index (χ4v) is 2.70. The van der Waals surface area contributed by atoms with Crippen molar-refractivity contribution in [2.24, 2.45) is 0 Å². The zero-order chi connectivity index (χ0) is 12.3. The minimum Gasteiger partial charge on any atom is -0.387 e. The second-order valence-electron chi connectivity index (χ2n) is 3.66. The second kappa shape index (κ2) is 5.17. The Bertz CT molecular complexity index is 456. The van der Waals surface area contributed by atoms with E-state index in [0.717, 1.165) is 0 Å². The van der Waals surface area contributed by atoms with Crippen LogP contribution in [-0.2, 0) is 9.84 Å².